The molecule has 0 saturated carbocycles. The van der Waals surface area contributed by atoms with Gasteiger partial charge in [-0.3, -0.25) is 4.79 Å². The zero-order valence-electron chi connectivity index (χ0n) is 14.8. The Morgan fingerprint density at radius 1 is 1.24 bits per heavy atom. The summed E-state index contributed by atoms with van der Waals surface area (Å²) in [4.78, 5) is 25.1. The number of ether oxygens (including phenoxy) is 1. The van der Waals surface area contributed by atoms with Crippen molar-refractivity contribution in [2.24, 2.45) is 0 Å². The Morgan fingerprint density at radius 2 is 1.96 bits per heavy atom. The molecule has 25 heavy (non-hydrogen) atoms. The average Bonchev–Trinajstić information content (AvgIpc) is 2.99. The van der Waals surface area contributed by atoms with Gasteiger partial charge in [-0.1, -0.05) is 37.3 Å². The molecule has 5 nitrogen and oxygen atoms in total. The van der Waals surface area contributed by atoms with Crippen LogP contribution in [0.5, 0.6) is 0 Å². The molecule has 1 aromatic heterocycles. The van der Waals surface area contributed by atoms with Gasteiger partial charge < -0.3 is 15.4 Å². The molecular weight excluding hydrogens is 336 g/mol. The monoisotopic (exact) mass is 360 g/mol. The summed E-state index contributed by atoms with van der Waals surface area (Å²) in [6.45, 7) is 6.69. The van der Waals surface area contributed by atoms with Gasteiger partial charge in [0.1, 0.15) is 11.5 Å². The third kappa shape index (κ3) is 5.41. The normalized spacial score (nSPS) is 11.8. The lowest BCUT2D eigenvalue weighted by Crippen LogP contribution is -2.38. The zero-order chi connectivity index (χ0) is 18.2. The molecule has 0 radical (unpaired) electrons. The van der Waals surface area contributed by atoms with E-state index in [-0.39, 0.29) is 18.6 Å². The molecule has 0 aliphatic rings. The molecule has 0 bridgehead atoms. The summed E-state index contributed by atoms with van der Waals surface area (Å²) in [5.74, 6) is -0.585. The van der Waals surface area contributed by atoms with Gasteiger partial charge in [-0.25, -0.2) is 4.79 Å². The first-order chi connectivity index (χ1) is 12.0. The van der Waals surface area contributed by atoms with Crippen LogP contribution in [0.1, 0.15) is 41.1 Å². The minimum Gasteiger partial charge on any atom is -0.457 e. The van der Waals surface area contributed by atoms with Crippen molar-refractivity contribution in [2.75, 3.05) is 11.9 Å². The Labute approximate surface area is 152 Å². The van der Waals surface area contributed by atoms with Gasteiger partial charge in [-0.15, -0.1) is 11.3 Å². The number of esters is 1. The molecule has 0 aliphatic carbocycles. The zero-order valence-corrected chi connectivity index (χ0v) is 15.6. The van der Waals surface area contributed by atoms with E-state index in [1.54, 1.807) is 6.92 Å². The minimum atomic E-state index is -0.425. The molecule has 0 aliphatic heterocycles. The van der Waals surface area contributed by atoms with E-state index in [4.69, 9.17) is 4.74 Å². The summed E-state index contributed by atoms with van der Waals surface area (Å²) >= 11 is 1.28. The first-order valence-corrected chi connectivity index (χ1v) is 9.24. The molecule has 0 spiro atoms. The van der Waals surface area contributed by atoms with E-state index in [9.17, 15) is 9.59 Å². The number of nitrogens with one attached hydrogen (secondary N) is 2. The molecule has 134 valence electrons. The molecule has 1 atom stereocenters. The van der Waals surface area contributed by atoms with Crippen LogP contribution in [0.25, 0.3) is 0 Å². The highest BCUT2D eigenvalue weighted by Crippen LogP contribution is 2.28. The number of amides is 1. The Bertz CT molecular complexity index is 713. The summed E-state index contributed by atoms with van der Waals surface area (Å²) < 4.78 is 5.38. The number of hydrogen-bond acceptors (Lipinski definition) is 5. The Morgan fingerprint density at radius 3 is 2.64 bits per heavy atom. The van der Waals surface area contributed by atoms with E-state index in [1.165, 1.54) is 11.3 Å². The highest BCUT2D eigenvalue weighted by Gasteiger charge is 2.21. The second-order valence-corrected chi connectivity index (χ2v) is 6.73. The van der Waals surface area contributed by atoms with Gasteiger partial charge in [0.15, 0.2) is 0 Å². The van der Waals surface area contributed by atoms with Gasteiger partial charge in [0.2, 0.25) is 5.91 Å². The van der Waals surface area contributed by atoms with Crippen LogP contribution in [0, 0.1) is 6.92 Å². The fourth-order valence-electron chi connectivity index (χ4n) is 2.22. The van der Waals surface area contributed by atoms with Gasteiger partial charge >= 0.3 is 5.97 Å². The molecule has 1 heterocycles. The second kappa shape index (κ2) is 9.34. The largest absolute Gasteiger partial charge is 0.457 e. The molecule has 6 heteroatoms. The van der Waals surface area contributed by atoms with Gasteiger partial charge in [0, 0.05) is 0 Å². The van der Waals surface area contributed by atoms with Gasteiger partial charge in [-0.05, 0) is 43.3 Å². The minimum absolute atomic E-state index is 0.160. The molecule has 0 saturated heterocycles. The highest BCUT2D eigenvalue weighted by atomic mass is 32.1. The third-order valence-electron chi connectivity index (χ3n) is 3.72. The van der Waals surface area contributed by atoms with Crippen molar-refractivity contribution >= 4 is 28.9 Å². The van der Waals surface area contributed by atoms with Crippen LogP contribution in [0.2, 0.25) is 0 Å². The Balaban J connectivity index is 2.02. The molecule has 1 amide bonds. The van der Waals surface area contributed by atoms with Crippen LogP contribution in [0.15, 0.2) is 35.7 Å². The number of thiophene rings is 1. The first-order valence-electron chi connectivity index (χ1n) is 8.36. The summed E-state index contributed by atoms with van der Waals surface area (Å²) in [6.07, 6.45) is 0.951. The Hall–Kier alpha value is -2.18. The number of hydrogen-bond donors (Lipinski definition) is 2. The summed E-state index contributed by atoms with van der Waals surface area (Å²) in [7, 11) is 0. The highest BCUT2D eigenvalue weighted by molar-refractivity contribution is 7.12. The first kappa shape index (κ1) is 19.1. The predicted octanol–water partition coefficient (Wildman–Crippen LogP) is 3.74. The van der Waals surface area contributed by atoms with Crippen molar-refractivity contribution in [3.63, 3.8) is 0 Å². The molecule has 2 N–H and O–H groups in total. The van der Waals surface area contributed by atoms with Crippen molar-refractivity contribution in [3.8, 4) is 0 Å². The number of rotatable bonds is 8. The molecule has 0 fully saturated rings. The molecule has 1 aromatic carbocycles. The van der Waals surface area contributed by atoms with E-state index in [0.29, 0.717) is 10.6 Å². The van der Waals surface area contributed by atoms with Crippen molar-refractivity contribution in [2.45, 2.75) is 39.8 Å². The lowest BCUT2D eigenvalue weighted by Gasteiger charge is -2.14. The summed E-state index contributed by atoms with van der Waals surface area (Å²) in [5, 5.41) is 7.84. The molecule has 2 aromatic rings. The average molecular weight is 360 g/mol. The lowest BCUT2D eigenvalue weighted by atomic mass is 10.2. The van der Waals surface area contributed by atoms with Crippen LogP contribution in [0.4, 0.5) is 5.69 Å². The molecular formula is C19H24N2O3S. The van der Waals surface area contributed by atoms with Crippen LogP contribution in [-0.4, -0.2) is 24.5 Å². The topological polar surface area (TPSA) is 67.4 Å². The fraction of sp³-hybridized carbons (Fsp3) is 0.368. The van der Waals surface area contributed by atoms with Gasteiger partial charge in [0.25, 0.3) is 0 Å². The number of carbonyl (C=O) groups excluding carboxylic acids is 2. The van der Waals surface area contributed by atoms with Crippen molar-refractivity contribution in [1.29, 1.82) is 0 Å². The second-order valence-electron chi connectivity index (χ2n) is 5.85. The molecule has 1 unspecified atom stereocenters. The van der Waals surface area contributed by atoms with Crippen molar-refractivity contribution in [1.82, 2.24) is 5.32 Å². The third-order valence-corrected chi connectivity index (χ3v) is 4.79. The van der Waals surface area contributed by atoms with Gasteiger partial charge in [-0.2, -0.15) is 0 Å². The van der Waals surface area contributed by atoms with E-state index < -0.39 is 5.97 Å². The predicted molar refractivity (Wildman–Crippen MR) is 101 cm³/mol. The maximum absolute atomic E-state index is 12.4. The van der Waals surface area contributed by atoms with E-state index in [1.807, 2.05) is 49.6 Å². The lowest BCUT2D eigenvalue weighted by molar-refractivity contribution is -0.117. The SMILES string of the molecule is CCCNC(C)C(=O)Nc1c(C)csc1C(=O)OCc1ccccc1. The summed E-state index contributed by atoms with van der Waals surface area (Å²) in [5.41, 5.74) is 2.32. The number of benzene rings is 1. The maximum Gasteiger partial charge on any atom is 0.350 e. The van der Waals surface area contributed by atoms with Crippen LogP contribution in [-0.2, 0) is 16.1 Å². The van der Waals surface area contributed by atoms with E-state index in [2.05, 4.69) is 10.6 Å². The number of aryl methyl sites for hydroxylation is 1. The van der Waals surface area contributed by atoms with Crippen LogP contribution < -0.4 is 10.6 Å². The van der Waals surface area contributed by atoms with Crippen molar-refractivity contribution < 1.29 is 14.3 Å². The van der Waals surface area contributed by atoms with Crippen molar-refractivity contribution in [3.05, 3.63) is 51.7 Å². The quantitative estimate of drug-likeness (QED) is 0.704. The Kier molecular flexibility index (Phi) is 7.16. The fourth-order valence-corrected chi connectivity index (χ4v) is 3.12. The smallest absolute Gasteiger partial charge is 0.350 e. The van der Waals surface area contributed by atoms with E-state index in [0.717, 1.165) is 24.1 Å². The standard InChI is InChI=1S/C19H24N2O3S/c1-4-10-20-14(3)18(22)21-16-13(2)12-25-17(16)19(23)24-11-15-8-6-5-7-9-15/h5-9,12,14,20H,4,10-11H2,1-3H3,(H,21,22). The van der Waals surface area contributed by atoms with E-state index >= 15 is 0 Å². The van der Waals surface area contributed by atoms with Crippen LogP contribution >= 0.6 is 11.3 Å². The van der Waals surface area contributed by atoms with Crippen LogP contribution in [0.3, 0.4) is 0 Å². The maximum atomic E-state index is 12.4. The van der Waals surface area contributed by atoms with Gasteiger partial charge in [0.05, 0.1) is 11.7 Å². The number of carbonyl (C=O) groups is 2. The molecule has 2 rings (SSSR count). The summed E-state index contributed by atoms with van der Waals surface area (Å²) in [6, 6.07) is 9.18. The number of anilines is 1.